The third kappa shape index (κ3) is 5.86. The minimum atomic E-state index is -4.36. The summed E-state index contributed by atoms with van der Waals surface area (Å²) in [5.74, 6) is 1.09. The van der Waals surface area contributed by atoms with E-state index < -0.39 is 11.7 Å². The Labute approximate surface area is 166 Å². The maximum absolute atomic E-state index is 12.6. The van der Waals surface area contributed by atoms with E-state index in [0.29, 0.717) is 43.8 Å². The molecule has 0 saturated carbocycles. The van der Waals surface area contributed by atoms with E-state index in [1.165, 1.54) is 12.1 Å². The second kappa shape index (κ2) is 9.98. The van der Waals surface area contributed by atoms with Gasteiger partial charge in [0.1, 0.15) is 5.82 Å². The monoisotopic (exact) mass is 428 g/mol. The van der Waals surface area contributed by atoms with Crippen LogP contribution in [0.15, 0.2) is 24.3 Å². The van der Waals surface area contributed by atoms with Crippen LogP contribution in [0.5, 0.6) is 0 Å². The van der Waals surface area contributed by atoms with Crippen molar-refractivity contribution in [2.75, 3.05) is 43.1 Å². The van der Waals surface area contributed by atoms with Gasteiger partial charge < -0.3 is 20.7 Å². The number of aromatic nitrogens is 3. The van der Waals surface area contributed by atoms with E-state index in [1.54, 1.807) is 0 Å². The number of alkyl halides is 3. The lowest BCUT2D eigenvalue weighted by Gasteiger charge is -2.25. The number of rotatable bonds is 5. The average molecular weight is 429 g/mol. The summed E-state index contributed by atoms with van der Waals surface area (Å²) in [6.07, 6.45) is -4.36. The Bertz CT molecular complexity index is 692. The van der Waals surface area contributed by atoms with Gasteiger partial charge in [-0.1, -0.05) is 0 Å². The van der Waals surface area contributed by atoms with Crippen LogP contribution in [0.25, 0.3) is 0 Å². The van der Waals surface area contributed by atoms with Gasteiger partial charge in [-0.15, -0.1) is 29.9 Å². The molecule has 0 spiro atoms. The summed E-state index contributed by atoms with van der Waals surface area (Å²) >= 11 is 0. The van der Waals surface area contributed by atoms with Crippen molar-refractivity contribution in [3.05, 3.63) is 35.7 Å². The van der Waals surface area contributed by atoms with Crippen LogP contribution in [0.4, 0.5) is 24.8 Å². The van der Waals surface area contributed by atoms with Crippen LogP contribution in [0.3, 0.4) is 0 Å². The molecule has 1 aliphatic rings. The van der Waals surface area contributed by atoms with Crippen LogP contribution in [0, 0.1) is 0 Å². The molecule has 1 aromatic carbocycles. The third-order valence-corrected chi connectivity index (χ3v) is 3.90. The van der Waals surface area contributed by atoms with Crippen LogP contribution in [0.2, 0.25) is 0 Å². The Morgan fingerprint density at radius 3 is 2.37 bits per heavy atom. The van der Waals surface area contributed by atoms with E-state index in [9.17, 15) is 13.2 Å². The van der Waals surface area contributed by atoms with Crippen LogP contribution < -0.4 is 16.0 Å². The van der Waals surface area contributed by atoms with Gasteiger partial charge in [0.25, 0.3) is 0 Å². The molecule has 0 radical (unpaired) electrons. The third-order valence-electron chi connectivity index (χ3n) is 3.90. The number of hydrogen-bond acceptors (Lipinski definition) is 6. The van der Waals surface area contributed by atoms with Gasteiger partial charge in [-0.25, -0.2) is 0 Å². The number of benzene rings is 1. The van der Waals surface area contributed by atoms with Crippen molar-refractivity contribution in [3.63, 3.8) is 0 Å². The summed E-state index contributed by atoms with van der Waals surface area (Å²) in [7, 11) is 0. The van der Waals surface area contributed by atoms with Crippen molar-refractivity contribution in [2.45, 2.75) is 12.2 Å². The summed E-state index contributed by atoms with van der Waals surface area (Å²) in [6, 6.07) is 4.39. The van der Waals surface area contributed by atoms with Gasteiger partial charge in [0.05, 0.1) is 24.8 Å². The zero-order valence-corrected chi connectivity index (χ0v) is 15.8. The molecule has 27 heavy (non-hydrogen) atoms. The highest BCUT2D eigenvalue weighted by Gasteiger charge is 2.30. The first kappa shape index (κ1) is 23.3. The molecule has 2 heterocycles. The van der Waals surface area contributed by atoms with Crippen molar-refractivity contribution in [3.8, 4) is 0 Å². The molecule has 1 fully saturated rings. The van der Waals surface area contributed by atoms with E-state index in [-0.39, 0.29) is 37.4 Å². The Kier molecular flexibility index (Phi) is 8.60. The van der Waals surface area contributed by atoms with Crippen LogP contribution in [0.1, 0.15) is 17.4 Å². The van der Waals surface area contributed by atoms with Crippen molar-refractivity contribution in [2.24, 2.45) is 5.73 Å². The summed E-state index contributed by atoms with van der Waals surface area (Å²) in [4.78, 5) is 6.43. The molecule has 4 N–H and O–H groups in total. The molecule has 0 amide bonds. The maximum atomic E-state index is 12.6. The fourth-order valence-corrected chi connectivity index (χ4v) is 2.52. The smallest absolute Gasteiger partial charge is 0.378 e. The number of H-pyrrole nitrogens is 1. The summed E-state index contributed by atoms with van der Waals surface area (Å²) < 4.78 is 43.1. The number of aromatic amines is 1. The van der Waals surface area contributed by atoms with Gasteiger partial charge in [-0.2, -0.15) is 18.2 Å². The molecule has 12 heteroatoms. The Morgan fingerprint density at radius 2 is 1.81 bits per heavy atom. The number of morpholine rings is 1. The number of halogens is 5. The standard InChI is InChI=1S/C15H19F3N6O.2ClH/c16-15(17,18)10-1-3-11(4-2-10)20-12(9-19)13-21-14(23-22-13)24-5-7-25-8-6-24;;/h1-4,12,20H,5-9,19H2,(H,21,22,23);2*1H. The first-order valence-electron chi connectivity index (χ1n) is 7.86. The molecule has 2 aromatic rings. The first-order valence-corrected chi connectivity index (χ1v) is 7.86. The summed E-state index contributed by atoms with van der Waals surface area (Å²) in [5, 5.41) is 10.1. The molecule has 3 rings (SSSR count). The highest BCUT2D eigenvalue weighted by atomic mass is 35.5. The fourth-order valence-electron chi connectivity index (χ4n) is 2.52. The van der Waals surface area contributed by atoms with E-state index in [0.717, 1.165) is 12.1 Å². The van der Waals surface area contributed by atoms with Gasteiger partial charge in [-0.05, 0) is 24.3 Å². The highest BCUT2D eigenvalue weighted by Crippen LogP contribution is 2.30. The lowest BCUT2D eigenvalue weighted by atomic mass is 10.2. The zero-order chi connectivity index (χ0) is 17.9. The largest absolute Gasteiger partial charge is 0.416 e. The Balaban J connectivity index is 0.00000182. The fraction of sp³-hybridized carbons (Fsp3) is 0.467. The second-order valence-corrected chi connectivity index (χ2v) is 5.63. The van der Waals surface area contributed by atoms with Crippen molar-refractivity contribution < 1.29 is 17.9 Å². The predicted octanol–water partition coefficient (Wildman–Crippen LogP) is 2.62. The average Bonchev–Trinajstić information content (AvgIpc) is 3.10. The normalized spacial score (nSPS) is 15.5. The van der Waals surface area contributed by atoms with Crippen LogP contribution in [-0.4, -0.2) is 48.0 Å². The molecule has 0 aliphatic carbocycles. The lowest BCUT2D eigenvalue weighted by molar-refractivity contribution is -0.137. The molecule has 1 aliphatic heterocycles. The lowest BCUT2D eigenvalue weighted by Crippen LogP contribution is -2.37. The molecular formula is C15H21Cl2F3N6O. The number of hydrogen-bond donors (Lipinski definition) is 3. The zero-order valence-electron chi connectivity index (χ0n) is 14.2. The number of ether oxygens (including phenoxy) is 1. The first-order chi connectivity index (χ1) is 12.0. The molecule has 0 bridgehead atoms. The molecule has 7 nitrogen and oxygen atoms in total. The second-order valence-electron chi connectivity index (χ2n) is 5.63. The van der Waals surface area contributed by atoms with E-state index in [1.807, 2.05) is 4.90 Å². The topological polar surface area (TPSA) is 92.1 Å². The molecular weight excluding hydrogens is 408 g/mol. The Morgan fingerprint density at radius 1 is 1.19 bits per heavy atom. The van der Waals surface area contributed by atoms with E-state index in [4.69, 9.17) is 10.5 Å². The molecule has 1 atom stereocenters. The van der Waals surface area contributed by atoms with Crippen LogP contribution >= 0.6 is 24.8 Å². The van der Waals surface area contributed by atoms with E-state index in [2.05, 4.69) is 20.5 Å². The van der Waals surface area contributed by atoms with E-state index >= 15 is 0 Å². The molecule has 1 saturated heterocycles. The number of nitrogens with two attached hydrogens (primary N) is 1. The maximum Gasteiger partial charge on any atom is 0.416 e. The SMILES string of the molecule is Cl.Cl.NCC(Nc1ccc(C(F)(F)F)cc1)c1nc(N2CCOCC2)n[nH]1. The highest BCUT2D eigenvalue weighted by molar-refractivity contribution is 5.85. The van der Waals surface area contributed by atoms with Gasteiger partial charge in [0, 0.05) is 25.3 Å². The van der Waals surface area contributed by atoms with Crippen molar-refractivity contribution in [1.29, 1.82) is 0 Å². The predicted molar refractivity (Wildman–Crippen MR) is 101 cm³/mol. The van der Waals surface area contributed by atoms with Crippen molar-refractivity contribution >= 4 is 36.4 Å². The molecule has 1 aromatic heterocycles. The minimum absolute atomic E-state index is 0. The Hall–Kier alpha value is -1.75. The van der Waals surface area contributed by atoms with Gasteiger partial charge in [-0.3, -0.25) is 5.10 Å². The number of nitrogens with zero attached hydrogens (tertiary/aromatic N) is 3. The van der Waals surface area contributed by atoms with Gasteiger partial charge >= 0.3 is 6.18 Å². The molecule has 1 unspecified atom stereocenters. The minimum Gasteiger partial charge on any atom is -0.378 e. The number of nitrogens with one attached hydrogen (secondary N) is 2. The van der Waals surface area contributed by atoms with Crippen LogP contribution in [-0.2, 0) is 10.9 Å². The summed E-state index contributed by atoms with van der Waals surface area (Å²) in [5.41, 5.74) is 5.60. The molecule has 152 valence electrons. The number of anilines is 2. The quantitative estimate of drug-likeness (QED) is 0.677. The van der Waals surface area contributed by atoms with Gasteiger partial charge in [0.15, 0.2) is 0 Å². The van der Waals surface area contributed by atoms with Crippen molar-refractivity contribution in [1.82, 2.24) is 15.2 Å². The summed E-state index contributed by atoms with van der Waals surface area (Å²) in [6.45, 7) is 2.86. The van der Waals surface area contributed by atoms with Gasteiger partial charge in [0.2, 0.25) is 5.95 Å².